The Bertz CT molecular complexity index is 850. The van der Waals surface area contributed by atoms with E-state index in [0.717, 1.165) is 24.3 Å². The van der Waals surface area contributed by atoms with Crippen molar-refractivity contribution in [2.75, 3.05) is 0 Å². The molecule has 25 heavy (non-hydrogen) atoms. The van der Waals surface area contributed by atoms with Crippen LogP contribution in [0, 0.1) is 18.7 Å². The smallest absolute Gasteiger partial charge is 0.314 e. The van der Waals surface area contributed by atoms with Gasteiger partial charge in [0.15, 0.2) is 5.78 Å². The van der Waals surface area contributed by atoms with Crippen LogP contribution >= 0.6 is 0 Å². The third-order valence-electron chi connectivity index (χ3n) is 5.81. The van der Waals surface area contributed by atoms with Crippen molar-refractivity contribution < 1.29 is 19.1 Å². The van der Waals surface area contributed by atoms with Gasteiger partial charge >= 0.3 is 5.97 Å². The van der Waals surface area contributed by atoms with Gasteiger partial charge in [0.1, 0.15) is 5.82 Å². The van der Waals surface area contributed by atoms with Crippen LogP contribution in [0.25, 0.3) is 0 Å². The minimum absolute atomic E-state index is 0.00807. The van der Waals surface area contributed by atoms with E-state index >= 15 is 0 Å². The predicted octanol–water partition coefficient (Wildman–Crippen LogP) is 3.72. The van der Waals surface area contributed by atoms with Crippen LogP contribution in [0.2, 0.25) is 0 Å². The first-order valence-corrected chi connectivity index (χ1v) is 8.74. The van der Waals surface area contributed by atoms with Crippen molar-refractivity contribution in [3.63, 3.8) is 0 Å². The van der Waals surface area contributed by atoms with Crippen molar-refractivity contribution in [3.05, 3.63) is 46.4 Å². The Morgan fingerprint density at radius 3 is 2.80 bits per heavy atom. The van der Waals surface area contributed by atoms with E-state index in [0.29, 0.717) is 41.9 Å². The SMILES string of the molecule is Cc1c(F)cccc1C1(C(=O)O)CCC2=C(C1)C(=O)CC(C1CC1)=N2. The van der Waals surface area contributed by atoms with Crippen LogP contribution in [0.3, 0.4) is 0 Å². The molecular formula is C20H20FNO3. The molecule has 1 unspecified atom stereocenters. The molecule has 1 aliphatic heterocycles. The molecule has 0 aromatic heterocycles. The van der Waals surface area contributed by atoms with Gasteiger partial charge in [0, 0.05) is 23.4 Å². The highest BCUT2D eigenvalue weighted by Crippen LogP contribution is 2.47. The Kier molecular flexibility index (Phi) is 3.63. The summed E-state index contributed by atoms with van der Waals surface area (Å²) >= 11 is 0. The molecule has 3 aliphatic rings. The Morgan fingerprint density at radius 1 is 1.36 bits per heavy atom. The lowest BCUT2D eigenvalue weighted by molar-refractivity contribution is -0.144. The van der Waals surface area contributed by atoms with Gasteiger partial charge in [-0.05, 0) is 62.1 Å². The van der Waals surface area contributed by atoms with E-state index in [9.17, 15) is 19.1 Å². The average molecular weight is 341 g/mol. The summed E-state index contributed by atoms with van der Waals surface area (Å²) in [5, 5.41) is 9.99. The lowest BCUT2D eigenvalue weighted by Gasteiger charge is -2.37. The minimum Gasteiger partial charge on any atom is -0.481 e. The third-order valence-corrected chi connectivity index (χ3v) is 5.81. The summed E-state index contributed by atoms with van der Waals surface area (Å²) in [6.07, 6.45) is 3.37. The summed E-state index contributed by atoms with van der Waals surface area (Å²) in [6, 6.07) is 4.54. The van der Waals surface area contributed by atoms with Gasteiger partial charge in [-0.25, -0.2) is 4.39 Å². The minimum atomic E-state index is -1.26. The van der Waals surface area contributed by atoms with E-state index < -0.39 is 17.2 Å². The fourth-order valence-corrected chi connectivity index (χ4v) is 4.15. The highest BCUT2D eigenvalue weighted by molar-refractivity contribution is 6.14. The van der Waals surface area contributed by atoms with Crippen LogP contribution in [0.5, 0.6) is 0 Å². The molecule has 1 saturated carbocycles. The molecule has 4 nitrogen and oxygen atoms in total. The number of carbonyl (C=O) groups excluding carboxylic acids is 1. The lowest BCUT2D eigenvalue weighted by atomic mass is 9.66. The summed E-state index contributed by atoms with van der Waals surface area (Å²) < 4.78 is 14.0. The molecule has 1 heterocycles. The number of aliphatic carboxylic acids is 1. The fourth-order valence-electron chi connectivity index (χ4n) is 4.15. The first kappa shape index (κ1) is 16.2. The molecule has 0 amide bonds. The molecule has 130 valence electrons. The quantitative estimate of drug-likeness (QED) is 0.911. The van der Waals surface area contributed by atoms with Gasteiger partial charge in [-0.2, -0.15) is 0 Å². The summed E-state index contributed by atoms with van der Waals surface area (Å²) in [4.78, 5) is 29.6. The summed E-state index contributed by atoms with van der Waals surface area (Å²) in [6.45, 7) is 1.60. The van der Waals surface area contributed by atoms with Gasteiger partial charge in [-0.15, -0.1) is 0 Å². The first-order chi connectivity index (χ1) is 11.9. The zero-order valence-corrected chi connectivity index (χ0v) is 14.1. The largest absolute Gasteiger partial charge is 0.481 e. The van der Waals surface area contributed by atoms with Gasteiger partial charge in [-0.3, -0.25) is 14.6 Å². The predicted molar refractivity (Wildman–Crippen MR) is 91.1 cm³/mol. The molecule has 1 atom stereocenters. The highest BCUT2D eigenvalue weighted by atomic mass is 19.1. The second-order valence-electron chi connectivity index (χ2n) is 7.38. The number of halogens is 1. The number of nitrogens with zero attached hydrogens (tertiary/aromatic N) is 1. The van der Waals surface area contributed by atoms with Crippen molar-refractivity contribution in [1.82, 2.24) is 0 Å². The maximum atomic E-state index is 14.0. The summed E-state index contributed by atoms with van der Waals surface area (Å²) in [5.74, 6) is -0.986. The Hall–Kier alpha value is -2.30. The molecule has 1 aromatic rings. The molecule has 2 aliphatic carbocycles. The maximum Gasteiger partial charge on any atom is 0.314 e. The van der Waals surface area contributed by atoms with E-state index in [2.05, 4.69) is 4.99 Å². The number of allylic oxidation sites excluding steroid dienone is 2. The molecule has 0 saturated heterocycles. The number of carboxylic acids is 1. The van der Waals surface area contributed by atoms with Crippen LogP contribution in [0.4, 0.5) is 4.39 Å². The average Bonchev–Trinajstić information content (AvgIpc) is 3.42. The van der Waals surface area contributed by atoms with Gasteiger partial charge in [0.25, 0.3) is 0 Å². The van der Waals surface area contributed by atoms with E-state index in [1.54, 1.807) is 13.0 Å². The van der Waals surface area contributed by atoms with Crippen molar-refractivity contribution in [2.24, 2.45) is 10.9 Å². The zero-order valence-electron chi connectivity index (χ0n) is 14.1. The van der Waals surface area contributed by atoms with E-state index in [-0.39, 0.29) is 12.2 Å². The van der Waals surface area contributed by atoms with Crippen molar-refractivity contribution in [3.8, 4) is 0 Å². The number of hydrogen-bond donors (Lipinski definition) is 1. The Morgan fingerprint density at radius 2 is 2.12 bits per heavy atom. The molecule has 0 radical (unpaired) electrons. The Balaban J connectivity index is 1.79. The van der Waals surface area contributed by atoms with Crippen LogP contribution in [-0.4, -0.2) is 22.6 Å². The molecule has 5 heteroatoms. The van der Waals surface area contributed by atoms with Crippen LogP contribution in [0.1, 0.15) is 49.7 Å². The summed E-state index contributed by atoms with van der Waals surface area (Å²) in [7, 11) is 0. The summed E-state index contributed by atoms with van der Waals surface area (Å²) in [5.41, 5.74) is 1.81. The molecular weight excluding hydrogens is 321 g/mol. The monoisotopic (exact) mass is 341 g/mol. The number of Topliss-reactive ketones (excluding diaryl/α,β-unsaturated/α-hetero) is 1. The third kappa shape index (κ3) is 2.53. The number of rotatable bonds is 3. The Labute approximate surface area is 145 Å². The van der Waals surface area contributed by atoms with E-state index in [1.165, 1.54) is 12.1 Å². The lowest BCUT2D eigenvalue weighted by Crippen LogP contribution is -2.41. The van der Waals surface area contributed by atoms with Gasteiger partial charge in [0.2, 0.25) is 0 Å². The fraction of sp³-hybridized carbons (Fsp3) is 0.450. The zero-order chi connectivity index (χ0) is 17.8. The number of aliphatic imine (C=N–C) groups is 1. The second kappa shape index (κ2) is 5.61. The molecule has 4 rings (SSSR count). The van der Waals surface area contributed by atoms with Crippen molar-refractivity contribution in [2.45, 2.75) is 50.9 Å². The van der Waals surface area contributed by atoms with E-state index in [4.69, 9.17) is 0 Å². The molecule has 1 aromatic carbocycles. The molecule has 1 N–H and O–H groups in total. The number of carbonyl (C=O) groups is 2. The number of benzene rings is 1. The van der Waals surface area contributed by atoms with Gasteiger partial charge in [-0.1, -0.05) is 12.1 Å². The molecule has 0 bridgehead atoms. The van der Waals surface area contributed by atoms with Gasteiger partial charge < -0.3 is 5.11 Å². The van der Waals surface area contributed by atoms with Crippen LogP contribution < -0.4 is 0 Å². The number of hydrogen-bond acceptors (Lipinski definition) is 3. The van der Waals surface area contributed by atoms with Crippen LogP contribution in [-0.2, 0) is 15.0 Å². The van der Waals surface area contributed by atoms with Crippen LogP contribution in [0.15, 0.2) is 34.5 Å². The highest BCUT2D eigenvalue weighted by Gasteiger charge is 2.47. The number of ketones is 1. The van der Waals surface area contributed by atoms with E-state index in [1.807, 2.05) is 0 Å². The second-order valence-corrected chi connectivity index (χ2v) is 7.38. The van der Waals surface area contributed by atoms with Crippen molar-refractivity contribution in [1.29, 1.82) is 0 Å². The topological polar surface area (TPSA) is 66.7 Å². The standard InChI is InChI=1S/C20H20FNO3/c1-11-14(3-2-4-15(11)21)20(19(24)25)8-7-16-13(10-20)18(23)9-17(22-16)12-5-6-12/h2-4,12H,5-10H2,1H3,(H,24,25). The normalized spacial score (nSPS) is 26.3. The molecule has 0 spiro atoms. The maximum absolute atomic E-state index is 14.0. The van der Waals surface area contributed by atoms with Crippen molar-refractivity contribution >= 4 is 17.5 Å². The first-order valence-electron chi connectivity index (χ1n) is 8.74. The molecule has 1 fully saturated rings. The number of carboxylic acid groups (broad SMARTS) is 1. The van der Waals surface area contributed by atoms with Gasteiger partial charge in [0.05, 0.1) is 5.41 Å².